The van der Waals surface area contributed by atoms with Crippen LogP contribution in [0.5, 0.6) is 0 Å². The lowest BCUT2D eigenvalue weighted by Crippen LogP contribution is -2.45. The first-order valence-corrected chi connectivity index (χ1v) is 3.06. The minimum atomic E-state index is 0. The van der Waals surface area contributed by atoms with Crippen molar-refractivity contribution < 1.29 is 0 Å². The Kier molecular flexibility index (Phi) is 6.68. The number of halogens is 1. The summed E-state index contributed by atoms with van der Waals surface area (Å²) in [6, 6.07) is 0. The SMILES string of the molecule is CCNNC(C)(C)C.Cl. The molecule has 3 heteroatoms. The summed E-state index contributed by atoms with van der Waals surface area (Å²) in [5.41, 5.74) is 6.35. The summed E-state index contributed by atoms with van der Waals surface area (Å²) >= 11 is 0. The van der Waals surface area contributed by atoms with Crippen molar-refractivity contribution in [3.05, 3.63) is 0 Å². The van der Waals surface area contributed by atoms with E-state index in [0.29, 0.717) is 0 Å². The standard InChI is InChI=1S/C6H16N2.ClH/c1-5-7-8-6(2,3)4;/h7-8H,5H2,1-4H3;1H. The van der Waals surface area contributed by atoms with Gasteiger partial charge in [0, 0.05) is 12.1 Å². The average Bonchev–Trinajstić information content (AvgIpc) is 1.59. The molecule has 0 aromatic heterocycles. The van der Waals surface area contributed by atoms with Crippen molar-refractivity contribution in [3.8, 4) is 0 Å². The van der Waals surface area contributed by atoms with Crippen LogP contribution in [-0.4, -0.2) is 12.1 Å². The highest BCUT2D eigenvalue weighted by molar-refractivity contribution is 5.85. The van der Waals surface area contributed by atoms with E-state index in [1.54, 1.807) is 0 Å². The molecule has 58 valence electrons. The van der Waals surface area contributed by atoms with Crippen LogP contribution in [-0.2, 0) is 0 Å². The molecule has 2 nitrogen and oxygen atoms in total. The number of hydrogen-bond donors (Lipinski definition) is 2. The zero-order chi connectivity index (χ0) is 6.62. The molecule has 0 saturated heterocycles. The van der Waals surface area contributed by atoms with E-state index in [4.69, 9.17) is 0 Å². The third-order valence-electron chi connectivity index (χ3n) is 0.640. The van der Waals surface area contributed by atoms with Crippen molar-refractivity contribution in [2.75, 3.05) is 6.54 Å². The highest BCUT2D eigenvalue weighted by atomic mass is 35.5. The maximum Gasteiger partial charge on any atom is 0.0239 e. The van der Waals surface area contributed by atoms with Crippen LogP contribution >= 0.6 is 12.4 Å². The third kappa shape index (κ3) is 11.7. The largest absolute Gasteiger partial charge is 0.258 e. The molecule has 0 bridgehead atoms. The summed E-state index contributed by atoms with van der Waals surface area (Å²) < 4.78 is 0. The van der Waals surface area contributed by atoms with Gasteiger partial charge in [-0.25, -0.2) is 0 Å². The van der Waals surface area contributed by atoms with Crippen LogP contribution in [0.15, 0.2) is 0 Å². The molecule has 0 spiro atoms. The Morgan fingerprint density at radius 2 is 1.67 bits per heavy atom. The Labute approximate surface area is 63.8 Å². The maximum atomic E-state index is 3.12. The van der Waals surface area contributed by atoms with E-state index in [1.165, 1.54) is 0 Å². The van der Waals surface area contributed by atoms with Crippen molar-refractivity contribution in [3.63, 3.8) is 0 Å². The first kappa shape index (κ1) is 11.9. The topological polar surface area (TPSA) is 24.1 Å². The van der Waals surface area contributed by atoms with Gasteiger partial charge in [0.05, 0.1) is 0 Å². The van der Waals surface area contributed by atoms with E-state index in [-0.39, 0.29) is 17.9 Å². The molecule has 9 heavy (non-hydrogen) atoms. The van der Waals surface area contributed by atoms with Gasteiger partial charge in [0.2, 0.25) is 0 Å². The summed E-state index contributed by atoms with van der Waals surface area (Å²) in [5.74, 6) is 0. The van der Waals surface area contributed by atoms with Crippen LogP contribution in [0.3, 0.4) is 0 Å². The van der Waals surface area contributed by atoms with Gasteiger partial charge in [-0.3, -0.25) is 10.9 Å². The lowest BCUT2D eigenvalue weighted by Gasteiger charge is -2.20. The van der Waals surface area contributed by atoms with E-state index in [9.17, 15) is 0 Å². The second-order valence-electron chi connectivity index (χ2n) is 2.91. The molecule has 0 radical (unpaired) electrons. The average molecular weight is 153 g/mol. The summed E-state index contributed by atoms with van der Waals surface area (Å²) in [6.45, 7) is 9.40. The molecule has 2 N–H and O–H groups in total. The molecular weight excluding hydrogens is 136 g/mol. The van der Waals surface area contributed by atoms with Crippen LogP contribution in [0.2, 0.25) is 0 Å². The highest BCUT2D eigenvalue weighted by Crippen LogP contribution is 1.94. The van der Waals surface area contributed by atoms with Crippen molar-refractivity contribution in [1.29, 1.82) is 0 Å². The van der Waals surface area contributed by atoms with Crippen molar-refractivity contribution in [2.45, 2.75) is 33.2 Å². The van der Waals surface area contributed by atoms with Crippen LogP contribution in [0.1, 0.15) is 27.7 Å². The molecule has 0 unspecified atom stereocenters. The minimum Gasteiger partial charge on any atom is -0.258 e. The first-order valence-electron chi connectivity index (χ1n) is 3.06. The Bertz CT molecular complexity index is 58.6. The van der Waals surface area contributed by atoms with Gasteiger partial charge in [0.15, 0.2) is 0 Å². The monoisotopic (exact) mass is 152 g/mol. The van der Waals surface area contributed by atoms with Crippen LogP contribution in [0.4, 0.5) is 0 Å². The molecule has 0 heterocycles. The number of nitrogens with one attached hydrogen (secondary N) is 2. The van der Waals surface area contributed by atoms with E-state index in [0.717, 1.165) is 6.54 Å². The predicted octanol–water partition coefficient (Wildman–Crippen LogP) is 1.32. The van der Waals surface area contributed by atoms with Gasteiger partial charge in [0.25, 0.3) is 0 Å². The molecule has 0 aromatic carbocycles. The van der Waals surface area contributed by atoms with Crippen molar-refractivity contribution in [1.82, 2.24) is 10.9 Å². The fourth-order valence-electron chi connectivity index (χ4n) is 0.354. The smallest absolute Gasteiger partial charge is 0.0239 e. The normalized spacial score (nSPS) is 10.7. The van der Waals surface area contributed by atoms with Crippen LogP contribution in [0, 0.1) is 0 Å². The van der Waals surface area contributed by atoms with Crippen LogP contribution < -0.4 is 10.9 Å². The van der Waals surface area contributed by atoms with E-state index in [2.05, 4.69) is 38.5 Å². The molecule has 0 aliphatic heterocycles. The lowest BCUT2D eigenvalue weighted by molar-refractivity contribution is 0.364. The summed E-state index contributed by atoms with van der Waals surface area (Å²) in [7, 11) is 0. The Morgan fingerprint density at radius 3 is 1.78 bits per heavy atom. The molecule has 0 rings (SSSR count). The summed E-state index contributed by atoms with van der Waals surface area (Å²) in [4.78, 5) is 0. The van der Waals surface area contributed by atoms with Gasteiger partial charge in [-0.2, -0.15) is 0 Å². The Balaban J connectivity index is 0. The summed E-state index contributed by atoms with van der Waals surface area (Å²) in [5, 5.41) is 0. The quantitative estimate of drug-likeness (QED) is 0.584. The van der Waals surface area contributed by atoms with Gasteiger partial charge >= 0.3 is 0 Å². The first-order chi connectivity index (χ1) is 3.56. The molecule has 0 aliphatic carbocycles. The number of rotatable bonds is 2. The second-order valence-corrected chi connectivity index (χ2v) is 2.91. The zero-order valence-corrected chi connectivity index (χ0v) is 7.43. The van der Waals surface area contributed by atoms with Crippen molar-refractivity contribution in [2.24, 2.45) is 0 Å². The molecule has 0 aromatic rings. The lowest BCUT2D eigenvalue weighted by atomic mass is 10.1. The van der Waals surface area contributed by atoms with E-state index < -0.39 is 0 Å². The van der Waals surface area contributed by atoms with Crippen molar-refractivity contribution >= 4 is 12.4 Å². The molecule has 0 fully saturated rings. The van der Waals surface area contributed by atoms with Gasteiger partial charge in [-0.1, -0.05) is 6.92 Å². The Hall–Kier alpha value is 0.210. The number of hydrogen-bond acceptors (Lipinski definition) is 2. The molecule has 0 atom stereocenters. The fraction of sp³-hybridized carbons (Fsp3) is 1.00. The van der Waals surface area contributed by atoms with Gasteiger partial charge in [-0.15, -0.1) is 12.4 Å². The molecular formula is C6H17ClN2. The second kappa shape index (κ2) is 5.03. The van der Waals surface area contributed by atoms with E-state index >= 15 is 0 Å². The fourth-order valence-corrected chi connectivity index (χ4v) is 0.354. The van der Waals surface area contributed by atoms with Crippen LogP contribution in [0.25, 0.3) is 0 Å². The molecule has 0 aliphatic rings. The molecule has 0 saturated carbocycles. The predicted molar refractivity (Wildman–Crippen MR) is 43.8 cm³/mol. The van der Waals surface area contributed by atoms with Gasteiger partial charge < -0.3 is 0 Å². The third-order valence-corrected chi connectivity index (χ3v) is 0.640. The van der Waals surface area contributed by atoms with Gasteiger partial charge in [-0.05, 0) is 20.8 Å². The number of hydrazine groups is 1. The zero-order valence-electron chi connectivity index (χ0n) is 6.62. The minimum absolute atomic E-state index is 0. The summed E-state index contributed by atoms with van der Waals surface area (Å²) in [6.07, 6.45) is 0. The van der Waals surface area contributed by atoms with E-state index in [1.807, 2.05) is 0 Å². The highest BCUT2D eigenvalue weighted by Gasteiger charge is 2.05. The van der Waals surface area contributed by atoms with Gasteiger partial charge in [0.1, 0.15) is 0 Å². The maximum absolute atomic E-state index is 3.12. The Morgan fingerprint density at radius 1 is 1.22 bits per heavy atom. The molecule has 0 amide bonds.